The Labute approximate surface area is 184 Å². The molecule has 1 aliphatic rings. The van der Waals surface area contributed by atoms with Crippen LogP contribution in [0.2, 0.25) is 0 Å². The van der Waals surface area contributed by atoms with Gasteiger partial charge in [-0.1, -0.05) is 17.4 Å². The second-order valence-electron chi connectivity index (χ2n) is 6.91. The van der Waals surface area contributed by atoms with Crippen LogP contribution in [0.1, 0.15) is 5.76 Å². The quantitative estimate of drug-likeness (QED) is 0.474. The third kappa shape index (κ3) is 4.11. The van der Waals surface area contributed by atoms with Crippen LogP contribution in [0.5, 0.6) is 0 Å². The maximum Gasteiger partial charge on any atom is 0.349 e. The van der Waals surface area contributed by atoms with Crippen LogP contribution in [-0.2, 0) is 22.6 Å². The normalized spacial score (nSPS) is 14.3. The number of thiophene rings is 1. The van der Waals surface area contributed by atoms with E-state index < -0.39 is 5.69 Å². The van der Waals surface area contributed by atoms with E-state index in [-0.39, 0.29) is 19.0 Å². The van der Waals surface area contributed by atoms with Crippen molar-refractivity contribution in [1.82, 2.24) is 19.9 Å². The van der Waals surface area contributed by atoms with Crippen molar-refractivity contribution in [3.05, 3.63) is 52.2 Å². The van der Waals surface area contributed by atoms with E-state index in [1.54, 1.807) is 18.4 Å². The molecule has 5 heterocycles. The second kappa shape index (κ2) is 8.61. The second-order valence-corrected chi connectivity index (χ2v) is 8.82. The first-order chi connectivity index (χ1) is 15.2. The monoisotopic (exact) mass is 457 g/mol. The number of nitrogens with zero attached hydrogens (tertiary/aromatic N) is 4. The number of furan rings is 1. The zero-order valence-electron chi connectivity index (χ0n) is 16.4. The van der Waals surface area contributed by atoms with E-state index in [4.69, 9.17) is 14.1 Å². The third-order valence-electron chi connectivity index (χ3n) is 4.88. The van der Waals surface area contributed by atoms with Gasteiger partial charge >= 0.3 is 5.69 Å². The largest absolute Gasteiger partial charge is 0.467 e. The number of anilines is 1. The highest BCUT2D eigenvalue weighted by atomic mass is 32.1. The van der Waals surface area contributed by atoms with E-state index in [1.807, 2.05) is 17.5 Å². The lowest BCUT2D eigenvalue weighted by atomic mass is 10.3. The summed E-state index contributed by atoms with van der Waals surface area (Å²) < 4.78 is 12.1. The summed E-state index contributed by atoms with van der Waals surface area (Å²) in [4.78, 5) is 38.2. The molecule has 1 aliphatic heterocycles. The zero-order chi connectivity index (χ0) is 21.2. The molecule has 4 aromatic heterocycles. The van der Waals surface area contributed by atoms with Crippen molar-refractivity contribution >= 4 is 44.1 Å². The third-order valence-corrected chi connectivity index (χ3v) is 6.90. The summed E-state index contributed by atoms with van der Waals surface area (Å²) in [5, 5.41) is 5.51. The highest BCUT2D eigenvalue weighted by molar-refractivity contribution is 7.22. The summed E-state index contributed by atoms with van der Waals surface area (Å²) in [5.74, 6) is 0.344. The number of rotatable bonds is 6. The van der Waals surface area contributed by atoms with Gasteiger partial charge in [-0.15, -0.1) is 11.3 Å². The lowest BCUT2D eigenvalue weighted by molar-refractivity contribution is -0.121. The molecule has 5 rings (SSSR count). The maximum atomic E-state index is 12.9. The Morgan fingerprint density at radius 3 is 2.81 bits per heavy atom. The molecule has 1 N–H and O–H groups in total. The minimum absolute atomic E-state index is 0.140. The summed E-state index contributed by atoms with van der Waals surface area (Å²) >= 11 is 2.90. The number of aromatic nitrogens is 3. The zero-order valence-corrected chi connectivity index (χ0v) is 18.1. The van der Waals surface area contributed by atoms with Crippen LogP contribution in [0.3, 0.4) is 0 Å². The molecule has 0 aromatic carbocycles. The fraction of sp³-hybridized carbons (Fsp3) is 0.300. The Morgan fingerprint density at radius 2 is 2.06 bits per heavy atom. The molecule has 31 heavy (non-hydrogen) atoms. The number of fused-ring (bicyclic) bond motifs is 1. The van der Waals surface area contributed by atoms with E-state index in [0.29, 0.717) is 35.0 Å². The summed E-state index contributed by atoms with van der Waals surface area (Å²) in [6, 6.07) is 7.36. The van der Waals surface area contributed by atoms with Crippen LogP contribution in [0.4, 0.5) is 5.13 Å². The molecule has 1 saturated heterocycles. The molecule has 11 heteroatoms. The SMILES string of the molecule is O=C(Cn1c(=O)nc(-c2cccs2)c2nc(N3CCOCC3)sc21)NCc1ccco1. The Bertz CT molecular complexity index is 1240. The number of hydrogen-bond donors (Lipinski definition) is 1. The fourth-order valence-electron chi connectivity index (χ4n) is 3.35. The predicted molar refractivity (Wildman–Crippen MR) is 119 cm³/mol. The average Bonchev–Trinajstić information content (AvgIpc) is 3.56. The number of carbonyl (C=O) groups is 1. The Hall–Kier alpha value is -3.02. The van der Waals surface area contributed by atoms with Crippen molar-refractivity contribution < 1.29 is 13.9 Å². The molecule has 160 valence electrons. The van der Waals surface area contributed by atoms with Crippen LogP contribution >= 0.6 is 22.7 Å². The number of amides is 1. The smallest absolute Gasteiger partial charge is 0.349 e. The van der Waals surface area contributed by atoms with E-state index in [9.17, 15) is 9.59 Å². The van der Waals surface area contributed by atoms with E-state index in [0.717, 1.165) is 23.1 Å². The van der Waals surface area contributed by atoms with Gasteiger partial charge in [0.2, 0.25) is 5.91 Å². The first-order valence-corrected chi connectivity index (χ1v) is 11.5. The van der Waals surface area contributed by atoms with Gasteiger partial charge in [-0.05, 0) is 23.6 Å². The van der Waals surface area contributed by atoms with Crippen LogP contribution in [0.15, 0.2) is 45.1 Å². The van der Waals surface area contributed by atoms with Gasteiger partial charge in [-0.25, -0.2) is 9.78 Å². The Kier molecular flexibility index (Phi) is 5.53. The molecule has 9 nitrogen and oxygen atoms in total. The molecule has 0 spiro atoms. The molecule has 0 bridgehead atoms. The first-order valence-electron chi connectivity index (χ1n) is 9.76. The number of ether oxygens (including phenoxy) is 1. The van der Waals surface area contributed by atoms with Gasteiger partial charge in [-0.2, -0.15) is 4.98 Å². The highest BCUT2D eigenvalue weighted by Crippen LogP contribution is 2.35. The molecular weight excluding hydrogens is 438 g/mol. The molecule has 0 saturated carbocycles. The number of nitrogens with one attached hydrogen (secondary N) is 1. The Morgan fingerprint density at radius 1 is 1.19 bits per heavy atom. The van der Waals surface area contributed by atoms with Gasteiger partial charge in [-0.3, -0.25) is 9.36 Å². The molecule has 0 radical (unpaired) electrons. The van der Waals surface area contributed by atoms with Gasteiger partial charge < -0.3 is 19.4 Å². The molecule has 1 fully saturated rings. The van der Waals surface area contributed by atoms with Gasteiger partial charge in [0.05, 0.1) is 30.9 Å². The number of hydrogen-bond acceptors (Lipinski definition) is 9. The van der Waals surface area contributed by atoms with Crippen molar-refractivity contribution in [1.29, 1.82) is 0 Å². The minimum Gasteiger partial charge on any atom is -0.467 e. The lowest BCUT2D eigenvalue weighted by Crippen LogP contribution is -2.36. The number of thiazole rings is 1. The summed E-state index contributed by atoms with van der Waals surface area (Å²) in [6.07, 6.45) is 1.55. The van der Waals surface area contributed by atoms with Crippen molar-refractivity contribution in [2.75, 3.05) is 31.2 Å². The van der Waals surface area contributed by atoms with Crippen LogP contribution < -0.4 is 15.9 Å². The van der Waals surface area contributed by atoms with Crippen LogP contribution in [-0.4, -0.2) is 46.7 Å². The van der Waals surface area contributed by atoms with Gasteiger partial charge in [0.25, 0.3) is 0 Å². The molecular formula is C20H19N5O4S2. The first kappa shape index (κ1) is 19.9. The highest BCUT2D eigenvalue weighted by Gasteiger charge is 2.22. The van der Waals surface area contributed by atoms with Crippen LogP contribution in [0.25, 0.3) is 20.9 Å². The van der Waals surface area contributed by atoms with Crippen molar-refractivity contribution in [3.63, 3.8) is 0 Å². The average molecular weight is 458 g/mol. The molecule has 0 unspecified atom stereocenters. The summed E-state index contributed by atoms with van der Waals surface area (Å²) in [5.41, 5.74) is 0.714. The van der Waals surface area contributed by atoms with Gasteiger partial charge in [0.15, 0.2) is 5.13 Å². The minimum atomic E-state index is -0.471. The van der Waals surface area contributed by atoms with E-state index in [1.165, 1.54) is 27.2 Å². The molecule has 0 aliphatic carbocycles. The van der Waals surface area contributed by atoms with E-state index in [2.05, 4.69) is 15.2 Å². The molecule has 4 aromatic rings. The number of carbonyl (C=O) groups excluding carboxylic acids is 1. The standard InChI is InChI=1S/C20H19N5O4S2/c26-15(21-11-13-3-1-7-29-13)12-25-18-17(16(22-19(25)27)14-4-2-10-30-14)23-20(31-18)24-5-8-28-9-6-24/h1-4,7,10H,5-6,8-9,11-12H2,(H,21,26). The predicted octanol–water partition coefficient (Wildman–Crippen LogP) is 2.33. The maximum absolute atomic E-state index is 12.9. The van der Waals surface area contributed by atoms with Gasteiger partial charge in [0, 0.05) is 13.1 Å². The van der Waals surface area contributed by atoms with E-state index >= 15 is 0 Å². The molecule has 0 atom stereocenters. The fourth-order valence-corrected chi connectivity index (χ4v) is 5.18. The van der Waals surface area contributed by atoms with Crippen molar-refractivity contribution in [3.8, 4) is 10.6 Å². The summed E-state index contributed by atoms with van der Waals surface area (Å²) in [7, 11) is 0. The van der Waals surface area contributed by atoms with Crippen molar-refractivity contribution in [2.24, 2.45) is 0 Å². The molecule has 1 amide bonds. The Balaban J connectivity index is 1.51. The van der Waals surface area contributed by atoms with Crippen LogP contribution in [0, 0.1) is 0 Å². The summed E-state index contributed by atoms with van der Waals surface area (Å²) in [6.45, 7) is 2.84. The van der Waals surface area contributed by atoms with Crippen molar-refractivity contribution in [2.45, 2.75) is 13.1 Å². The topological polar surface area (TPSA) is 102 Å². The van der Waals surface area contributed by atoms with Gasteiger partial charge in [0.1, 0.15) is 28.3 Å². The lowest BCUT2D eigenvalue weighted by Gasteiger charge is -2.25. The number of morpholine rings is 1.